The van der Waals surface area contributed by atoms with E-state index in [1.807, 2.05) is 25.1 Å². The van der Waals surface area contributed by atoms with E-state index in [4.69, 9.17) is 4.74 Å². The number of amides is 1. The smallest absolute Gasteiger partial charge is 0.255 e. The number of aliphatic hydroxyl groups is 1. The highest BCUT2D eigenvalue weighted by Gasteiger charge is 2.45. The summed E-state index contributed by atoms with van der Waals surface area (Å²) < 4.78 is 35.0. The Hall–Kier alpha value is -3.34. The molecule has 2 atom stereocenters. The van der Waals surface area contributed by atoms with Crippen molar-refractivity contribution in [1.29, 1.82) is 0 Å². The second kappa shape index (κ2) is 10.6. The number of pyridine rings is 2. The van der Waals surface area contributed by atoms with Crippen molar-refractivity contribution in [3.63, 3.8) is 0 Å². The normalized spacial score (nSPS) is 18.5. The maximum atomic E-state index is 13.2. The maximum Gasteiger partial charge on any atom is 0.255 e. The first kappa shape index (κ1) is 26.7. The molecule has 37 heavy (non-hydrogen) atoms. The van der Waals surface area contributed by atoms with Crippen molar-refractivity contribution in [2.45, 2.75) is 56.3 Å². The topological polar surface area (TPSA) is 122 Å². The fourth-order valence-electron chi connectivity index (χ4n) is 4.19. The molecule has 3 aromatic rings. The van der Waals surface area contributed by atoms with Gasteiger partial charge in [0.05, 0.1) is 16.5 Å². The minimum atomic E-state index is -4.00. The van der Waals surface area contributed by atoms with E-state index in [9.17, 15) is 18.3 Å². The molecule has 10 heteroatoms. The molecule has 196 valence electrons. The molecule has 4 rings (SSSR count). The standard InChI is InChI=1S/C27H32N4O5S/c1-5-18-9-11-21(12-10-18)37(34,35)30-23-22-16-19(17-29-25(22)36-27(2,3)24(23)32)26(33)31(4)15-13-20-8-6-7-14-28-20/h6-12,14,16-17,23-24,30,32H,5,13,15H2,1-4H3/t23-,24+/m1/s1. The molecule has 1 amide bonds. The number of aliphatic hydroxyl groups excluding tert-OH is 1. The summed E-state index contributed by atoms with van der Waals surface area (Å²) in [5.74, 6) is -0.126. The number of fused-ring (bicyclic) bond motifs is 1. The zero-order chi connectivity index (χ0) is 26.8. The maximum absolute atomic E-state index is 13.2. The second-order valence-corrected chi connectivity index (χ2v) is 11.4. The van der Waals surface area contributed by atoms with E-state index >= 15 is 0 Å². The van der Waals surface area contributed by atoms with Gasteiger partial charge in [-0.2, -0.15) is 0 Å². The first-order chi connectivity index (χ1) is 17.5. The first-order valence-electron chi connectivity index (χ1n) is 12.2. The number of hydrogen-bond acceptors (Lipinski definition) is 7. The third-order valence-electron chi connectivity index (χ3n) is 6.55. The Balaban J connectivity index is 1.61. The van der Waals surface area contributed by atoms with Gasteiger partial charge < -0.3 is 14.7 Å². The SMILES string of the molecule is CCc1ccc(S(=O)(=O)N[C@@H]2c3cc(C(=O)N(C)CCc4ccccn4)cnc3OC(C)(C)[C@H]2O)cc1. The zero-order valence-electron chi connectivity index (χ0n) is 21.4. The largest absolute Gasteiger partial charge is 0.469 e. The quantitative estimate of drug-likeness (QED) is 0.465. The molecule has 1 aliphatic rings. The molecule has 0 saturated carbocycles. The van der Waals surface area contributed by atoms with E-state index in [1.54, 1.807) is 44.1 Å². The van der Waals surface area contributed by atoms with Crippen LogP contribution in [0.2, 0.25) is 0 Å². The van der Waals surface area contributed by atoms with E-state index in [2.05, 4.69) is 14.7 Å². The number of ether oxygens (including phenoxy) is 1. The average Bonchev–Trinajstić information content (AvgIpc) is 2.89. The fraction of sp³-hybridized carbons (Fsp3) is 0.370. The Morgan fingerprint density at radius 3 is 2.54 bits per heavy atom. The van der Waals surface area contributed by atoms with Crippen LogP contribution in [0.1, 0.15) is 54.0 Å². The molecule has 1 aromatic carbocycles. The van der Waals surface area contributed by atoms with Gasteiger partial charge in [0.2, 0.25) is 15.9 Å². The predicted octanol–water partition coefficient (Wildman–Crippen LogP) is 2.91. The number of nitrogens with zero attached hydrogens (tertiary/aromatic N) is 3. The van der Waals surface area contributed by atoms with Crippen molar-refractivity contribution in [2.24, 2.45) is 0 Å². The third kappa shape index (κ3) is 5.82. The molecule has 0 fully saturated rings. The van der Waals surface area contributed by atoms with E-state index in [0.29, 0.717) is 18.5 Å². The van der Waals surface area contributed by atoms with Gasteiger partial charge in [-0.25, -0.2) is 18.1 Å². The van der Waals surface area contributed by atoms with Gasteiger partial charge in [0.25, 0.3) is 5.91 Å². The molecule has 1 aliphatic heterocycles. The molecule has 0 aliphatic carbocycles. The summed E-state index contributed by atoms with van der Waals surface area (Å²) in [6.07, 6.45) is 3.24. The van der Waals surface area contributed by atoms with Gasteiger partial charge in [0, 0.05) is 43.7 Å². The van der Waals surface area contributed by atoms with Crippen LogP contribution < -0.4 is 9.46 Å². The van der Waals surface area contributed by atoms with Crippen LogP contribution in [0.4, 0.5) is 0 Å². The molecule has 2 aromatic heterocycles. The minimum absolute atomic E-state index is 0.0807. The lowest BCUT2D eigenvalue weighted by Gasteiger charge is -2.41. The number of aryl methyl sites for hydroxylation is 1. The van der Waals surface area contributed by atoms with Gasteiger partial charge in [0.1, 0.15) is 11.7 Å². The number of nitrogens with one attached hydrogen (secondary N) is 1. The summed E-state index contributed by atoms with van der Waals surface area (Å²) in [6.45, 7) is 5.73. The van der Waals surface area contributed by atoms with Gasteiger partial charge in [-0.05, 0) is 56.2 Å². The van der Waals surface area contributed by atoms with Gasteiger partial charge >= 0.3 is 0 Å². The molecule has 0 radical (unpaired) electrons. The van der Waals surface area contributed by atoms with E-state index in [0.717, 1.165) is 17.7 Å². The Labute approximate surface area is 217 Å². The van der Waals surface area contributed by atoms with Crippen LogP contribution in [-0.2, 0) is 22.9 Å². The molecule has 2 N–H and O–H groups in total. The summed E-state index contributed by atoms with van der Waals surface area (Å²) in [5, 5.41) is 11.1. The number of benzene rings is 1. The highest BCUT2D eigenvalue weighted by Crippen LogP contribution is 2.39. The van der Waals surface area contributed by atoms with Crippen LogP contribution in [0.15, 0.2) is 65.8 Å². The van der Waals surface area contributed by atoms with Crippen molar-refractivity contribution in [3.05, 3.63) is 83.3 Å². The molecule has 3 heterocycles. The van der Waals surface area contributed by atoms with Crippen LogP contribution in [0.3, 0.4) is 0 Å². The number of carbonyl (C=O) groups excluding carboxylic acids is 1. The van der Waals surface area contributed by atoms with Crippen molar-refractivity contribution >= 4 is 15.9 Å². The van der Waals surface area contributed by atoms with Gasteiger partial charge in [-0.3, -0.25) is 9.78 Å². The molecule has 9 nitrogen and oxygen atoms in total. The third-order valence-corrected chi connectivity index (χ3v) is 8.01. The number of aromatic nitrogens is 2. The molecule has 0 unspecified atom stereocenters. The summed E-state index contributed by atoms with van der Waals surface area (Å²) in [5.41, 5.74) is 1.31. The van der Waals surface area contributed by atoms with E-state index in [1.165, 1.54) is 24.4 Å². The second-order valence-electron chi connectivity index (χ2n) is 9.66. The number of hydrogen-bond donors (Lipinski definition) is 2. The summed E-state index contributed by atoms with van der Waals surface area (Å²) in [7, 11) is -2.32. The van der Waals surface area contributed by atoms with Crippen molar-refractivity contribution < 1.29 is 23.1 Å². The van der Waals surface area contributed by atoms with E-state index in [-0.39, 0.29) is 22.2 Å². The first-order valence-corrected chi connectivity index (χ1v) is 13.6. The Morgan fingerprint density at radius 2 is 1.89 bits per heavy atom. The van der Waals surface area contributed by atoms with Crippen LogP contribution in [0.5, 0.6) is 5.88 Å². The molecule has 0 saturated heterocycles. The molecular weight excluding hydrogens is 492 g/mol. The average molecular weight is 525 g/mol. The molecule has 0 bridgehead atoms. The zero-order valence-corrected chi connectivity index (χ0v) is 22.2. The molecule has 0 spiro atoms. The van der Waals surface area contributed by atoms with E-state index < -0.39 is 27.8 Å². The summed E-state index contributed by atoms with van der Waals surface area (Å²) >= 11 is 0. The van der Waals surface area contributed by atoms with Crippen LogP contribution >= 0.6 is 0 Å². The number of carbonyl (C=O) groups is 1. The van der Waals surface area contributed by atoms with Gasteiger partial charge in [-0.1, -0.05) is 25.1 Å². The Morgan fingerprint density at radius 1 is 1.16 bits per heavy atom. The van der Waals surface area contributed by atoms with Gasteiger partial charge in [0.15, 0.2) is 0 Å². The summed E-state index contributed by atoms with van der Waals surface area (Å²) in [4.78, 5) is 23.4. The van der Waals surface area contributed by atoms with Crippen LogP contribution in [0, 0.1) is 0 Å². The van der Waals surface area contributed by atoms with Crippen molar-refractivity contribution in [1.82, 2.24) is 19.6 Å². The number of sulfonamides is 1. The Kier molecular flexibility index (Phi) is 7.63. The minimum Gasteiger partial charge on any atom is -0.469 e. The fourth-order valence-corrected chi connectivity index (χ4v) is 5.41. The van der Waals surface area contributed by atoms with Crippen LogP contribution in [-0.4, -0.2) is 59.6 Å². The van der Waals surface area contributed by atoms with Crippen molar-refractivity contribution in [3.8, 4) is 5.88 Å². The lowest BCUT2D eigenvalue weighted by molar-refractivity contribution is -0.0632. The highest BCUT2D eigenvalue weighted by atomic mass is 32.2. The number of rotatable bonds is 8. The van der Waals surface area contributed by atoms with Crippen molar-refractivity contribution in [2.75, 3.05) is 13.6 Å². The highest BCUT2D eigenvalue weighted by molar-refractivity contribution is 7.89. The lowest BCUT2D eigenvalue weighted by Crippen LogP contribution is -2.53. The Bertz CT molecular complexity index is 1360. The molecular formula is C27H32N4O5S. The monoisotopic (exact) mass is 524 g/mol. The van der Waals surface area contributed by atoms with Gasteiger partial charge in [-0.15, -0.1) is 0 Å². The lowest BCUT2D eigenvalue weighted by atomic mass is 9.88. The number of likely N-dealkylation sites (N-methyl/N-ethyl adjacent to an activating group) is 1. The van der Waals surface area contributed by atoms with Crippen LogP contribution in [0.25, 0.3) is 0 Å². The summed E-state index contributed by atoms with van der Waals surface area (Å²) in [6, 6.07) is 12.7. The predicted molar refractivity (Wildman–Crippen MR) is 139 cm³/mol.